The number of likely N-dealkylation sites (N-methyl/N-ethyl adjacent to an activating group) is 1. The molecule has 0 radical (unpaired) electrons. The summed E-state index contributed by atoms with van der Waals surface area (Å²) in [6.07, 6.45) is 5.63. The highest BCUT2D eigenvalue weighted by Gasteiger charge is 2.58. The van der Waals surface area contributed by atoms with Crippen LogP contribution in [0.3, 0.4) is 0 Å². The number of hydrogen-bond donors (Lipinski definition) is 0. The second-order valence-corrected chi connectivity index (χ2v) is 9.74. The van der Waals surface area contributed by atoms with E-state index in [4.69, 9.17) is 9.73 Å². The van der Waals surface area contributed by atoms with Crippen LogP contribution in [0.4, 0.5) is 21.5 Å². The first kappa shape index (κ1) is 19.6. The van der Waals surface area contributed by atoms with Crippen molar-refractivity contribution in [2.45, 2.75) is 44.2 Å². The molecule has 3 aliphatic heterocycles. The summed E-state index contributed by atoms with van der Waals surface area (Å²) in [5.74, 6) is 0.564. The van der Waals surface area contributed by atoms with Crippen molar-refractivity contribution in [2.24, 2.45) is 4.99 Å². The van der Waals surface area contributed by atoms with Gasteiger partial charge in [0, 0.05) is 48.4 Å². The SMILES string of the molecule is CN1c2ccc(F)cc2C(C)(C)C12C=Nc1c(cc(N3CCCCC3)c3ccccc13)O2. The minimum Gasteiger partial charge on any atom is -0.459 e. The average Bonchev–Trinajstić information content (AvgIpc) is 2.97. The van der Waals surface area contributed by atoms with Gasteiger partial charge in [-0.3, -0.25) is 4.99 Å². The fourth-order valence-electron chi connectivity index (χ4n) is 5.81. The third kappa shape index (κ3) is 2.51. The first-order chi connectivity index (χ1) is 15.4. The van der Waals surface area contributed by atoms with Crippen LogP contribution in [0.15, 0.2) is 53.5 Å². The number of rotatable bonds is 1. The normalized spacial score (nSPS) is 23.4. The molecule has 5 heteroatoms. The lowest BCUT2D eigenvalue weighted by atomic mass is 9.77. The Balaban J connectivity index is 1.53. The molecule has 0 saturated carbocycles. The monoisotopic (exact) mass is 429 g/mol. The van der Waals surface area contributed by atoms with Crippen LogP contribution in [-0.2, 0) is 5.41 Å². The minimum atomic E-state index is -0.822. The molecule has 0 aromatic heterocycles. The Morgan fingerprint density at radius 1 is 0.938 bits per heavy atom. The van der Waals surface area contributed by atoms with E-state index in [1.54, 1.807) is 6.07 Å². The van der Waals surface area contributed by atoms with Crippen molar-refractivity contribution in [2.75, 3.05) is 29.9 Å². The van der Waals surface area contributed by atoms with E-state index in [0.717, 1.165) is 41.2 Å². The van der Waals surface area contributed by atoms with E-state index >= 15 is 0 Å². The van der Waals surface area contributed by atoms with Gasteiger partial charge in [0.15, 0.2) is 5.75 Å². The van der Waals surface area contributed by atoms with Crippen LogP contribution in [0, 0.1) is 5.82 Å². The summed E-state index contributed by atoms with van der Waals surface area (Å²) in [6, 6.07) is 15.6. The topological polar surface area (TPSA) is 28.1 Å². The number of nitrogens with zero attached hydrogens (tertiary/aromatic N) is 3. The molecular weight excluding hydrogens is 401 g/mol. The van der Waals surface area contributed by atoms with Gasteiger partial charge in [0.1, 0.15) is 11.5 Å². The van der Waals surface area contributed by atoms with Crippen LogP contribution in [-0.4, -0.2) is 32.1 Å². The Labute approximate surface area is 188 Å². The number of fused-ring (bicyclic) bond motifs is 4. The van der Waals surface area contributed by atoms with E-state index in [9.17, 15) is 4.39 Å². The lowest BCUT2D eigenvalue weighted by Gasteiger charge is -2.45. The van der Waals surface area contributed by atoms with E-state index in [1.807, 2.05) is 19.3 Å². The van der Waals surface area contributed by atoms with Crippen molar-refractivity contribution in [3.63, 3.8) is 0 Å². The molecule has 1 spiro atoms. The highest BCUT2D eigenvalue weighted by Crippen LogP contribution is 2.55. The van der Waals surface area contributed by atoms with Gasteiger partial charge in [-0.05, 0) is 56.9 Å². The van der Waals surface area contributed by atoms with Crippen LogP contribution in [0.25, 0.3) is 10.8 Å². The molecule has 164 valence electrons. The number of anilines is 2. The van der Waals surface area contributed by atoms with E-state index in [0.29, 0.717) is 0 Å². The zero-order chi connectivity index (χ0) is 22.1. The quantitative estimate of drug-likeness (QED) is 0.462. The molecule has 0 N–H and O–H groups in total. The molecule has 1 unspecified atom stereocenters. The molecular formula is C27H28FN3O. The van der Waals surface area contributed by atoms with Gasteiger partial charge in [-0.15, -0.1) is 0 Å². The molecule has 4 nitrogen and oxygen atoms in total. The number of benzene rings is 3. The fraction of sp³-hybridized carbons (Fsp3) is 0.370. The molecule has 3 heterocycles. The van der Waals surface area contributed by atoms with Crippen LogP contribution >= 0.6 is 0 Å². The van der Waals surface area contributed by atoms with E-state index < -0.39 is 11.1 Å². The number of piperidine rings is 1. The maximum atomic E-state index is 14.2. The van der Waals surface area contributed by atoms with Crippen LogP contribution < -0.4 is 14.5 Å². The molecule has 0 bridgehead atoms. The first-order valence-corrected chi connectivity index (χ1v) is 11.5. The van der Waals surface area contributed by atoms with Crippen molar-refractivity contribution < 1.29 is 9.13 Å². The molecule has 1 fully saturated rings. The second kappa shape index (κ2) is 6.71. The molecule has 0 aliphatic carbocycles. The molecule has 0 amide bonds. The van der Waals surface area contributed by atoms with Crippen molar-refractivity contribution in [3.05, 3.63) is 59.9 Å². The Morgan fingerprint density at radius 2 is 1.69 bits per heavy atom. The highest BCUT2D eigenvalue weighted by atomic mass is 19.1. The lowest BCUT2D eigenvalue weighted by Crippen LogP contribution is -2.61. The molecule has 3 aromatic rings. The zero-order valence-electron chi connectivity index (χ0n) is 18.9. The van der Waals surface area contributed by atoms with Gasteiger partial charge in [-0.2, -0.15) is 0 Å². The third-order valence-corrected chi connectivity index (χ3v) is 7.68. The van der Waals surface area contributed by atoms with Gasteiger partial charge in [-0.25, -0.2) is 4.39 Å². The largest absolute Gasteiger partial charge is 0.459 e. The Kier molecular flexibility index (Phi) is 4.11. The Hall–Kier alpha value is -3.08. The predicted molar refractivity (Wildman–Crippen MR) is 129 cm³/mol. The first-order valence-electron chi connectivity index (χ1n) is 11.5. The van der Waals surface area contributed by atoms with Gasteiger partial charge in [0.05, 0.1) is 11.6 Å². The number of halogens is 1. The standard InChI is InChI=1S/C27H28FN3O/c1-26(2)21-15-18(28)11-12-22(21)30(3)27(26)17-29-25-20-10-6-5-9-19(20)23(16-24(25)32-27)31-13-7-4-8-14-31/h5-6,9-12,15-17H,4,7-8,13-14H2,1-3H3. The van der Waals surface area contributed by atoms with Gasteiger partial charge >= 0.3 is 0 Å². The molecule has 32 heavy (non-hydrogen) atoms. The van der Waals surface area contributed by atoms with Crippen LogP contribution in [0.5, 0.6) is 5.75 Å². The molecule has 6 rings (SSSR count). The predicted octanol–water partition coefficient (Wildman–Crippen LogP) is 6.19. The number of aliphatic imine (C=N–C) groups is 1. The highest BCUT2D eigenvalue weighted by molar-refractivity contribution is 6.06. The molecule has 3 aromatic carbocycles. The summed E-state index contributed by atoms with van der Waals surface area (Å²) < 4.78 is 21.1. The average molecular weight is 430 g/mol. The maximum absolute atomic E-state index is 14.2. The van der Waals surface area contributed by atoms with Crippen LogP contribution in [0.1, 0.15) is 38.7 Å². The summed E-state index contributed by atoms with van der Waals surface area (Å²) in [5, 5.41) is 2.33. The van der Waals surface area contributed by atoms with E-state index in [1.165, 1.54) is 36.4 Å². The number of hydrogen-bond acceptors (Lipinski definition) is 4. The summed E-state index contributed by atoms with van der Waals surface area (Å²) in [4.78, 5) is 9.57. The summed E-state index contributed by atoms with van der Waals surface area (Å²) in [5.41, 5.74) is 2.69. The van der Waals surface area contributed by atoms with Crippen molar-refractivity contribution in [1.29, 1.82) is 0 Å². The second-order valence-electron chi connectivity index (χ2n) is 9.74. The van der Waals surface area contributed by atoms with Gasteiger partial charge in [-0.1, -0.05) is 24.3 Å². The Morgan fingerprint density at radius 3 is 2.47 bits per heavy atom. The minimum absolute atomic E-state index is 0.228. The summed E-state index contributed by atoms with van der Waals surface area (Å²) in [6.45, 7) is 6.34. The van der Waals surface area contributed by atoms with Gasteiger partial charge < -0.3 is 14.5 Å². The molecule has 1 atom stereocenters. The summed E-state index contributed by atoms with van der Waals surface area (Å²) >= 11 is 0. The van der Waals surface area contributed by atoms with Crippen LogP contribution in [0.2, 0.25) is 0 Å². The van der Waals surface area contributed by atoms with Crippen molar-refractivity contribution in [1.82, 2.24) is 0 Å². The van der Waals surface area contributed by atoms with Crippen molar-refractivity contribution in [3.8, 4) is 5.75 Å². The van der Waals surface area contributed by atoms with Gasteiger partial charge in [0.2, 0.25) is 5.72 Å². The van der Waals surface area contributed by atoms with Crippen molar-refractivity contribution >= 4 is 34.0 Å². The smallest absolute Gasteiger partial charge is 0.228 e. The molecule has 1 saturated heterocycles. The zero-order valence-corrected chi connectivity index (χ0v) is 18.9. The Bertz CT molecular complexity index is 1260. The van der Waals surface area contributed by atoms with E-state index in [2.05, 4.69) is 54.0 Å². The third-order valence-electron chi connectivity index (χ3n) is 7.68. The fourth-order valence-corrected chi connectivity index (χ4v) is 5.81. The lowest BCUT2D eigenvalue weighted by molar-refractivity contribution is 0.0826. The summed E-state index contributed by atoms with van der Waals surface area (Å²) in [7, 11) is 2.01. The molecule has 3 aliphatic rings. The van der Waals surface area contributed by atoms with Gasteiger partial charge in [0.25, 0.3) is 0 Å². The maximum Gasteiger partial charge on any atom is 0.228 e. The van der Waals surface area contributed by atoms with E-state index in [-0.39, 0.29) is 5.82 Å². The number of ether oxygens (including phenoxy) is 1.